The molecule has 0 saturated carbocycles. The van der Waals surface area contributed by atoms with E-state index in [1.807, 2.05) is 19.9 Å². The van der Waals surface area contributed by atoms with Gasteiger partial charge < -0.3 is 10.2 Å². The molecule has 1 N–H and O–H groups in total. The first-order valence-corrected chi connectivity index (χ1v) is 13.8. The second-order valence-electron chi connectivity index (χ2n) is 10.5. The number of hydrogen-bond acceptors (Lipinski definition) is 8. The molecule has 6 rings (SSSR count). The van der Waals surface area contributed by atoms with Crippen LogP contribution in [-0.2, 0) is 16.1 Å². The summed E-state index contributed by atoms with van der Waals surface area (Å²) in [6.07, 6.45) is 3.73. The van der Waals surface area contributed by atoms with Crippen LogP contribution in [0.3, 0.4) is 0 Å². The summed E-state index contributed by atoms with van der Waals surface area (Å²) in [5, 5.41) is 7.35. The summed E-state index contributed by atoms with van der Waals surface area (Å²) < 4.78 is 2.06. The van der Waals surface area contributed by atoms with Crippen LogP contribution >= 0.6 is 15.9 Å². The SMILES string of the molecule is CC(=O)c1nn(CC(=O)N2[C@H](C(=O)Nc3nc(Br)ccc3C)C[C@@]3(C)C#C[C@@H]23)c2ccc(-c3cnc(C)nc3)nc12. The zero-order valence-corrected chi connectivity index (χ0v) is 24.4. The predicted octanol–water partition coefficient (Wildman–Crippen LogP) is 3.50. The van der Waals surface area contributed by atoms with Gasteiger partial charge in [0.25, 0.3) is 0 Å². The van der Waals surface area contributed by atoms with Crippen molar-refractivity contribution < 1.29 is 14.4 Å². The van der Waals surface area contributed by atoms with E-state index in [1.54, 1.807) is 42.4 Å². The standard InChI is InChI=1S/C29H25BrN8O3/c1-15-5-8-23(30)34-27(15)35-28(41)21-11-29(4)10-9-22(29)38(21)24(40)14-37-20-7-6-19(18-12-31-17(3)32-13-18)33-26(20)25(36-37)16(2)39/h5-8,12-13,21-22H,11,14H2,1-4H3,(H,34,35,41)/t21-,22+,29+/m0/s1. The molecule has 4 aromatic heterocycles. The molecule has 11 nitrogen and oxygen atoms in total. The van der Waals surface area contributed by atoms with Crippen molar-refractivity contribution in [1.82, 2.24) is 34.6 Å². The number of aromatic nitrogens is 6. The molecule has 0 aromatic carbocycles. The molecule has 1 saturated heterocycles. The minimum absolute atomic E-state index is 0.155. The quantitative estimate of drug-likeness (QED) is 0.198. The Bertz CT molecular complexity index is 1820. The number of halogens is 1. The molecule has 1 aliphatic carbocycles. The molecule has 5 heterocycles. The average molecular weight is 613 g/mol. The third kappa shape index (κ3) is 4.66. The van der Waals surface area contributed by atoms with E-state index in [1.165, 1.54) is 11.6 Å². The molecule has 0 spiro atoms. The van der Waals surface area contributed by atoms with Gasteiger partial charge in [-0.2, -0.15) is 5.10 Å². The van der Waals surface area contributed by atoms with Crippen molar-refractivity contribution in [2.45, 2.75) is 52.7 Å². The van der Waals surface area contributed by atoms with Gasteiger partial charge in [0.2, 0.25) is 11.8 Å². The van der Waals surface area contributed by atoms with E-state index < -0.39 is 17.5 Å². The van der Waals surface area contributed by atoms with Crippen molar-refractivity contribution in [3.05, 3.63) is 58.3 Å². The van der Waals surface area contributed by atoms with Gasteiger partial charge in [0, 0.05) is 24.9 Å². The van der Waals surface area contributed by atoms with E-state index in [0.29, 0.717) is 45.0 Å². The van der Waals surface area contributed by atoms with Crippen molar-refractivity contribution in [3.63, 3.8) is 0 Å². The second kappa shape index (κ2) is 9.85. The van der Waals surface area contributed by atoms with Crippen LogP contribution in [-0.4, -0.2) is 64.3 Å². The summed E-state index contributed by atoms with van der Waals surface area (Å²) in [4.78, 5) is 58.9. The highest BCUT2D eigenvalue weighted by Gasteiger charge is 2.56. The van der Waals surface area contributed by atoms with E-state index in [4.69, 9.17) is 0 Å². The summed E-state index contributed by atoms with van der Waals surface area (Å²) >= 11 is 3.34. The largest absolute Gasteiger partial charge is 0.314 e. The molecule has 41 heavy (non-hydrogen) atoms. The first kappa shape index (κ1) is 26.7. The third-order valence-electron chi connectivity index (χ3n) is 7.52. The Labute approximate surface area is 243 Å². The molecule has 12 heteroatoms. The number of carbonyl (C=O) groups is 3. The van der Waals surface area contributed by atoms with Crippen molar-refractivity contribution in [1.29, 1.82) is 0 Å². The fourth-order valence-electron chi connectivity index (χ4n) is 5.28. The van der Waals surface area contributed by atoms with E-state index in [9.17, 15) is 14.4 Å². The van der Waals surface area contributed by atoms with Gasteiger partial charge in [0.15, 0.2) is 11.5 Å². The van der Waals surface area contributed by atoms with Crippen LogP contribution in [0.25, 0.3) is 22.3 Å². The van der Waals surface area contributed by atoms with Gasteiger partial charge in [-0.3, -0.25) is 19.1 Å². The van der Waals surface area contributed by atoms with Gasteiger partial charge in [-0.1, -0.05) is 17.9 Å². The Morgan fingerprint density at radius 3 is 2.56 bits per heavy atom. The number of rotatable bonds is 6. The van der Waals surface area contributed by atoms with Crippen molar-refractivity contribution in [2.24, 2.45) is 5.41 Å². The van der Waals surface area contributed by atoms with Crippen LogP contribution in [0, 0.1) is 31.1 Å². The normalized spacial score (nSPS) is 20.7. The number of fused-ring (bicyclic) bond motifs is 2. The number of nitrogens with zero attached hydrogens (tertiary/aromatic N) is 7. The number of nitrogens with one attached hydrogen (secondary N) is 1. The first-order chi connectivity index (χ1) is 19.5. The lowest BCUT2D eigenvalue weighted by molar-refractivity contribution is -0.138. The van der Waals surface area contributed by atoms with E-state index in [2.05, 4.69) is 58.1 Å². The summed E-state index contributed by atoms with van der Waals surface area (Å²) in [7, 11) is 0. The van der Waals surface area contributed by atoms with Crippen LogP contribution in [0.15, 0.2) is 41.3 Å². The molecular weight excluding hydrogens is 588 g/mol. The fourth-order valence-corrected chi connectivity index (χ4v) is 5.59. The molecule has 0 bridgehead atoms. The number of hydrogen-bond donors (Lipinski definition) is 1. The highest BCUT2D eigenvalue weighted by atomic mass is 79.9. The zero-order valence-electron chi connectivity index (χ0n) is 22.8. The van der Waals surface area contributed by atoms with Gasteiger partial charge in [0.05, 0.1) is 16.6 Å². The van der Waals surface area contributed by atoms with E-state index in [-0.39, 0.29) is 29.8 Å². The molecule has 4 aromatic rings. The highest BCUT2D eigenvalue weighted by Crippen LogP contribution is 2.45. The number of likely N-dealkylation sites (tertiary alicyclic amines) is 1. The van der Waals surface area contributed by atoms with E-state index in [0.717, 1.165) is 5.56 Å². The maximum absolute atomic E-state index is 13.9. The van der Waals surface area contributed by atoms with Crippen molar-refractivity contribution >= 4 is 50.4 Å². The average Bonchev–Trinajstić information content (AvgIpc) is 3.39. The molecule has 0 radical (unpaired) electrons. The van der Waals surface area contributed by atoms with Crippen LogP contribution in [0.1, 0.15) is 42.1 Å². The van der Waals surface area contributed by atoms with Gasteiger partial charge in [0.1, 0.15) is 40.4 Å². The number of anilines is 1. The number of ketones is 1. The Morgan fingerprint density at radius 1 is 1.12 bits per heavy atom. The predicted molar refractivity (Wildman–Crippen MR) is 154 cm³/mol. The van der Waals surface area contributed by atoms with Gasteiger partial charge in [-0.25, -0.2) is 19.9 Å². The Morgan fingerprint density at radius 2 is 1.88 bits per heavy atom. The first-order valence-electron chi connectivity index (χ1n) is 13.0. The molecule has 1 aliphatic heterocycles. The molecule has 1 fully saturated rings. The third-order valence-corrected chi connectivity index (χ3v) is 7.96. The van der Waals surface area contributed by atoms with E-state index >= 15 is 0 Å². The highest BCUT2D eigenvalue weighted by molar-refractivity contribution is 9.10. The van der Waals surface area contributed by atoms with Crippen LogP contribution < -0.4 is 5.32 Å². The van der Waals surface area contributed by atoms with Crippen molar-refractivity contribution in [2.75, 3.05) is 5.32 Å². The minimum atomic E-state index is -0.763. The van der Waals surface area contributed by atoms with Crippen molar-refractivity contribution in [3.8, 4) is 23.1 Å². The summed E-state index contributed by atoms with van der Waals surface area (Å²) in [6, 6.07) is 6.02. The molecule has 2 amide bonds. The Balaban J connectivity index is 1.31. The number of aryl methyl sites for hydroxylation is 2. The fraction of sp³-hybridized carbons (Fsp3) is 0.310. The summed E-state index contributed by atoms with van der Waals surface area (Å²) in [6.45, 7) is 6.82. The molecule has 3 atom stereocenters. The molecule has 206 valence electrons. The zero-order chi connectivity index (χ0) is 29.1. The lowest BCUT2D eigenvalue weighted by Crippen LogP contribution is -2.50. The van der Waals surface area contributed by atoms with Crippen LogP contribution in [0.4, 0.5) is 5.82 Å². The second-order valence-corrected chi connectivity index (χ2v) is 11.4. The summed E-state index contributed by atoms with van der Waals surface area (Å²) in [5.41, 5.74) is 2.65. The topological polar surface area (TPSA) is 136 Å². The lowest BCUT2D eigenvalue weighted by atomic mass is 9.76. The maximum atomic E-state index is 13.9. The molecular formula is C29H25BrN8O3. The number of amides is 2. The number of Topliss-reactive ketones (excluding diaryl/α,β-unsaturated/α-hetero) is 1. The number of pyridine rings is 2. The Kier molecular flexibility index (Phi) is 6.42. The number of carbonyl (C=O) groups excluding carboxylic acids is 3. The molecule has 0 unspecified atom stereocenters. The van der Waals surface area contributed by atoms with Gasteiger partial charge in [-0.05, 0) is 66.9 Å². The minimum Gasteiger partial charge on any atom is -0.314 e. The van der Waals surface area contributed by atoms with Gasteiger partial charge >= 0.3 is 0 Å². The monoisotopic (exact) mass is 612 g/mol. The van der Waals surface area contributed by atoms with Gasteiger partial charge in [-0.15, -0.1) is 0 Å². The summed E-state index contributed by atoms with van der Waals surface area (Å²) in [5.74, 6) is 6.32. The molecule has 2 aliphatic rings. The lowest BCUT2D eigenvalue weighted by Gasteiger charge is -2.34. The Hall–Kier alpha value is -4.50. The van der Waals surface area contributed by atoms with Crippen LogP contribution in [0.5, 0.6) is 0 Å². The van der Waals surface area contributed by atoms with Crippen LogP contribution in [0.2, 0.25) is 0 Å². The maximum Gasteiger partial charge on any atom is 0.248 e. The smallest absolute Gasteiger partial charge is 0.248 e.